The second kappa shape index (κ2) is 2.70. The Hall–Kier alpha value is 0.250. The molecule has 48 valence electrons. The molecular formula is C6H12ClN. The molecule has 1 fully saturated rings. The Morgan fingerprint density at radius 1 is 1.50 bits per heavy atom. The average molecular weight is 134 g/mol. The first-order chi connectivity index (χ1) is 3.79. The Morgan fingerprint density at radius 2 is 2.25 bits per heavy atom. The van der Waals surface area contributed by atoms with Crippen molar-refractivity contribution in [1.82, 2.24) is 5.32 Å². The monoisotopic (exact) mass is 133 g/mol. The van der Waals surface area contributed by atoms with Crippen LogP contribution in [0.15, 0.2) is 0 Å². The summed E-state index contributed by atoms with van der Waals surface area (Å²) in [5, 5.41) is 3.63. The van der Waals surface area contributed by atoms with Crippen LogP contribution in [0.2, 0.25) is 0 Å². The summed E-state index contributed by atoms with van der Waals surface area (Å²) in [6, 6.07) is 0. The molecular weight excluding hydrogens is 122 g/mol. The molecule has 0 bridgehead atoms. The third-order valence-electron chi connectivity index (χ3n) is 1.52. The van der Waals surface area contributed by atoms with E-state index in [4.69, 9.17) is 11.6 Å². The topological polar surface area (TPSA) is 12.0 Å². The predicted octanol–water partition coefficient (Wildman–Crippen LogP) is 1.22. The van der Waals surface area contributed by atoms with Gasteiger partial charge in [0.2, 0.25) is 0 Å². The lowest BCUT2D eigenvalue weighted by Gasteiger charge is -2.22. The Balaban J connectivity index is 2.23. The van der Waals surface area contributed by atoms with Crippen LogP contribution in [-0.2, 0) is 0 Å². The molecule has 1 aliphatic heterocycles. The minimum absolute atomic E-state index is 0.374. The van der Waals surface area contributed by atoms with E-state index in [-0.39, 0.29) is 0 Å². The van der Waals surface area contributed by atoms with Crippen molar-refractivity contribution in [2.75, 3.05) is 13.1 Å². The molecule has 1 N–H and O–H groups in total. The Bertz CT molecular complexity index is 66.9. The molecule has 2 atom stereocenters. The van der Waals surface area contributed by atoms with Crippen LogP contribution in [-0.4, -0.2) is 18.5 Å². The maximum Gasteiger partial charge on any atom is 0.0463 e. The third-order valence-corrected chi connectivity index (χ3v) is 1.85. The molecule has 8 heavy (non-hydrogen) atoms. The number of hydrogen-bond donors (Lipinski definition) is 1. The van der Waals surface area contributed by atoms with Crippen molar-refractivity contribution >= 4 is 11.6 Å². The predicted molar refractivity (Wildman–Crippen MR) is 36.3 cm³/mol. The number of rotatable bonds is 0. The Morgan fingerprint density at radius 3 is 2.62 bits per heavy atom. The summed E-state index contributed by atoms with van der Waals surface area (Å²) < 4.78 is 0. The third kappa shape index (κ3) is 1.64. The Labute approximate surface area is 55.4 Å². The van der Waals surface area contributed by atoms with Crippen molar-refractivity contribution < 1.29 is 0 Å². The summed E-state index contributed by atoms with van der Waals surface area (Å²) in [7, 11) is 0. The highest BCUT2D eigenvalue weighted by molar-refractivity contribution is 6.20. The highest BCUT2D eigenvalue weighted by atomic mass is 35.5. The van der Waals surface area contributed by atoms with Gasteiger partial charge in [-0.3, -0.25) is 0 Å². The molecule has 0 aromatic heterocycles. The average Bonchev–Trinajstić information content (AvgIpc) is 1.64. The van der Waals surface area contributed by atoms with E-state index >= 15 is 0 Å². The SMILES string of the molecule is CC1CNCC(Cl)C1. The second-order valence-corrected chi connectivity index (χ2v) is 3.21. The van der Waals surface area contributed by atoms with Crippen LogP contribution in [0.3, 0.4) is 0 Å². The van der Waals surface area contributed by atoms with Crippen molar-refractivity contribution in [3.8, 4) is 0 Å². The molecule has 0 amide bonds. The van der Waals surface area contributed by atoms with Gasteiger partial charge in [0.15, 0.2) is 0 Å². The molecule has 0 spiro atoms. The van der Waals surface area contributed by atoms with Gasteiger partial charge in [0, 0.05) is 11.9 Å². The molecule has 0 saturated carbocycles. The zero-order valence-corrected chi connectivity index (χ0v) is 5.91. The zero-order chi connectivity index (χ0) is 5.98. The van der Waals surface area contributed by atoms with Crippen molar-refractivity contribution in [2.24, 2.45) is 5.92 Å². The van der Waals surface area contributed by atoms with E-state index in [1.807, 2.05) is 0 Å². The first kappa shape index (κ1) is 6.37. The van der Waals surface area contributed by atoms with Crippen molar-refractivity contribution in [2.45, 2.75) is 18.7 Å². The molecule has 0 aliphatic carbocycles. The minimum atomic E-state index is 0.374. The highest BCUT2D eigenvalue weighted by Gasteiger charge is 2.14. The van der Waals surface area contributed by atoms with Gasteiger partial charge in [-0.05, 0) is 18.9 Å². The summed E-state index contributed by atoms with van der Waals surface area (Å²) in [6.07, 6.45) is 1.18. The number of alkyl halides is 1. The van der Waals surface area contributed by atoms with Crippen LogP contribution in [0.1, 0.15) is 13.3 Å². The molecule has 1 rings (SSSR count). The van der Waals surface area contributed by atoms with Gasteiger partial charge in [0.05, 0.1) is 0 Å². The fourth-order valence-corrected chi connectivity index (χ4v) is 1.50. The fourth-order valence-electron chi connectivity index (χ4n) is 1.09. The lowest BCUT2D eigenvalue weighted by molar-refractivity contribution is 0.410. The standard InChI is InChI=1S/C6H12ClN/c1-5-2-6(7)4-8-3-5/h5-6,8H,2-4H2,1H3. The van der Waals surface area contributed by atoms with Gasteiger partial charge in [-0.15, -0.1) is 11.6 Å². The number of nitrogens with one attached hydrogen (secondary N) is 1. The van der Waals surface area contributed by atoms with Gasteiger partial charge in [0.25, 0.3) is 0 Å². The molecule has 2 unspecified atom stereocenters. The molecule has 1 heterocycles. The van der Waals surface area contributed by atoms with E-state index in [0.717, 1.165) is 19.0 Å². The van der Waals surface area contributed by atoms with E-state index < -0.39 is 0 Å². The van der Waals surface area contributed by atoms with Gasteiger partial charge >= 0.3 is 0 Å². The van der Waals surface area contributed by atoms with E-state index in [9.17, 15) is 0 Å². The second-order valence-electron chi connectivity index (χ2n) is 2.60. The van der Waals surface area contributed by atoms with Crippen molar-refractivity contribution in [3.63, 3.8) is 0 Å². The summed E-state index contributed by atoms with van der Waals surface area (Å²) in [5.74, 6) is 0.770. The van der Waals surface area contributed by atoms with Crippen LogP contribution in [0, 0.1) is 5.92 Å². The molecule has 0 aromatic rings. The Kier molecular flexibility index (Phi) is 2.15. The largest absolute Gasteiger partial charge is 0.315 e. The summed E-state index contributed by atoms with van der Waals surface area (Å²) in [4.78, 5) is 0. The van der Waals surface area contributed by atoms with E-state index in [2.05, 4.69) is 12.2 Å². The van der Waals surface area contributed by atoms with Crippen LogP contribution >= 0.6 is 11.6 Å². The van der Waals surface area contributed by atoms with Crippen LogP contribution in [0.25, 0.3) is 0 Å². The van der Waals surface area contributed by atoms with Crippen LogP contribution in [0.5, 0.6) is 0 Å². The van der Waals surface area contributed by atoms with Gasteiger partial charge < -0.3 is 5.32 Å². The molecule has 1 saturated heterocycles. The number of piperidine rings is 1. The van der Waals surface area contributed by atoms with Crippen LogP contribution in [0.4, 0.5) is 0 Å². The first-order valence-electron chi connectivity index (χ1n) is 3.14. The van der Waals surface area contributed by atoms with Gasteiger partial charge in [-0.25, -0.2) is 0 Å². The normalized spacial score (nSPS) is 39.8. The van der Waals surface area contributed by atoms with Gasteiger partial charge in [-0.1, -0.05) is 6.92 Å². The van der Waals surface area contributed by atoms with Gasteiger partial charge in [0.1, 0.15) is 0 Å². The lowest BCUT2D eigenvalue weighted by Crippen LogP contribution is -2.35. The maximum atomic E-state index is 5.85. The highest BCUT2D eigenvalue weighted by Crippen LogP contribution is 2.13. The molecule has 1 aliphatic rings. The molecule has 0 aromatic carbocycles. The quantitative estimate of drug-likeness (QED) is 0.490. The smallest absolute Gasteiger partial charge is 0.0463 e. The van der Waals surface area contributed by atoms with E-state index in [1.165, 1.54) is 6.42 Å². The van der Waals surface area contributed by atoms with E-state index in [0.29, 0.717) is 5.38 Å². The molecule has 1 nitrogen and oxygen atoms in total. The van der Waals surface area contributed by atoms with Crippen molar-refractivity contribution in [3.05, 3.63) is 0 Å². The van der Waals surface area contributed by atoms with Crippen molar-refractivity contribution in [1.29, 1.82) is 0 Å². The summed E-state index contributed by atoms with van der Waals surface area (Å²) in [5.41, 5.74) is 0. The minimum Gasteiger partial charge on any atom is -0.315 e. The lowest BCUT2D eigenvalue weighted by atomic mass is 10.0. The molecule has 2 heteroatoms. The summed E-state index contributed by atoms with van der Waals surface area (Å²) >= 11 is 5.85. The first-order valence-corrected chi connectivity index (χ1v) is 3.57. The number of hydrogen-bond acceptors (Lipinski definition) is 1. The van der Waals surface area contributed by atoms with Gasteiger partial charge in [-0.2, -0.15) is 0 Å². The summed E-state index contributed by atoms with van der Waals surface area (Å²) in [6.45, 7) is 4.36. The zero-order valence-electron chi connectivity index (χ0n) is 5.15. The number of halogens is 1. The maximum absolute atomic E-state index is 5.85. The van der Waals surface area contributed by atoms with Crippen LogP contribution < -0.4 is 5.32 Å². The molecule has 0 radical (unpaired) electrons. The fraction of sp³-hybridized carbons (Fsp3) is 1.00. The van der Waals surface area contributed by atoms with E-state index in [1.54, 1.807) is 0 Å².